The minimum absolute atomic E-state index is 0.331. The van der Waals surface area contributed by atoms with Crippen molar-refractivity contribution in [2.75, 3.05) is 6.54 Å². The average Bonchev–Trinajstić information content (AvgIpc) is 2.48. The molecule has 0 spiro atoms. The van der Waals surface area contributed by atoms with Crippen LogP contribution in [-0.4, -0.2) is 23.5 Å². The van der Waals surface area contributed by atoms with Crippen molar-refractivity contribution in [2.45, 2.75) is 38.7 Å². The highest BCUT2D eigenvalue weighted by Crippen LogP contribution is 2.48. The van der Waals surface area contributed by atoms with E-state index >= 15 is 0 Å². The summed E-state index contributed by atoms with van der Waals surface area (Å²) in [7, 11) is 0. The normalized spacial score (nSPS) is 38.6. The Labute approximate surface area is 79.3 Å². The molecule has 0 aromatic heterocycles. The lowest BCUT2D eigenvalue weighted by atomic mass is 9.67. The lowest BCUT2D eigenvalue weighted by Crippen LogP contribution is -2.53. The smallest absolute Gasteiger partial charge is 0.151 e. The van der Waals surface area contributed by atoms with E-state index in [0.29, 0.717) is 18.7 Å². The van der Waals surface area contributed by atoms with Crippen LogP contribution in [0.3, 0.4) is 0 Å². The number of nitrogens with two attached hydrogens (primary N) is 1. The van der Waals surface area contributed by atoms with Gasteiger partial charge in [0, 0.05) is 12.0 Å². The number of aliphatic hydroxyl groups is 1. The molecule has 0 amide bonds. The second kappa shape index (κ2) is 3.39. The van der Waals surface area contributed by atoms with Crippen LogP contribution in [0.4, 0.5) is 0 Å². The van der Waals surface area contributed by atoms with Gasteiger partial charge in [-0.2, -0.15) is 0 Å². The zero-order valence-corrected chi connectivity index (χ0v) is 8.42. The van der Waals surface area contributed by atoms with Crippen molar-refractivity contribution < 1.29 is 9.90 Å². The topological polar surface area (TPSA) is 63.3 Å². The molecular formula is C10H19NO2. The Morgan fingerprint density at radius 2 is 2.38 bits per heavy atom. The summed E-state index contributed by atoms with van der Waals surface area (Å²) < 4.78 is 0. The van der Waals surface area contributed by atoms with E-state index in [1.165, 1.54) is 0 Å². The third-order valence-corrected chi connectivity index (χ3v) is 3.81. The summed E-state index contributed by atoms with van der Waals surface area (Å²) in [6, 6.07) is 0. The Balaban J connectivity index is 2.98. The number of carbonyl (C=O) groups excluding carboxylic acids is 1. The van der Waals surface area contributed by atoms with Crippen LogP contribution in [0.2, 0.25) is 0 Å². The molecule has 3 N–H and O–H groups in total. The van der Waals surface area contributed by atoms with E-state index in [1.54, 1.807) is 6.92 Å². The first-order valence-corrected chi connectivity index (χ1v) is 4.89. The van der Waals surface area contributed by atoms with Crippen molar-refractivity contribution in [2.24, 2.45) is 17.1 Å². The maximum absolute atomic E-state index is 10.8. The minimum atomic E-state index is -1.27. The largest absolute Gasteiger partial charge is 0.382 e. The van der Waals surface area contributed by atoms with Crippen molar-refractivity contribution in [3.63, 3.8) is 0 Å². The van der Waals surface area contributed by atoms with Gasteiger partial charge in [0.1, 0.15) is 5.60 Å². The summed E-state index contributed by atoms with van der Waals surface area (Å²) in [4.78, 5) is 10.8. The van der Waals surface area contributed by atoms with Crippen LogP contribution in [0, 0.1) is 11.3 Å². The molecule has 0 saturated heterocycles. The molecule has 1 fully saturated rings. The summed E-state index contributed by atoms with van der Waals surface area (Å²) in [6.07, 6.45) is 3.61. The summed E-state index contributed by atoms with van der Waals surface area (Å²) in [5, 5.41) is 10.00. The van der Waals surface area contributed by atoms with Crippen molar-refractivity contribution in [3.05, 3.63) is 0 Å². The fourth-order valence-electron chi connectivity index (χ4n) is 2.63. The predicted molar refractivity (Wildman–Crippen MR) is 51.2 cm³/mol. The zero-order valence-electron chi connectivity index (χ0n) is 8.42. The van der Waals surface area contributed by atoms with Crippen molar-refractivity contribution >= 4 is 6.29 Å². The number of aldehydes is 1. The third-order valence-electron chi connectivity index (χ3n) is 3.81. The number of rotatable bonds is 3. The van der Waals surface area contributed by atoms with Crippen molar-refractivity contribution in [1.29, 1.82) is 0 Å². The molecule has 0 aromatic rings. The van der Waals surface area contributed by atoms with Crippen LogP contribution < -0.4 is 5.73 Å². The molecular weight excluding hydrogens is 166 g/mol. The van der Waals surface area contributed by atoms with Gasteiger partial charge >= 0.3 is 0 Å². The standard InChI is InChI=1S/C10H19NO2/c1-8-4-3-5-10(8,6-11)9(2,13)7-12/h7-8,13H,3-6,11H2,1-2H3. The van der Waals surface area contributed by atoms with Crippen LogP contribution in [-0.2, 0) is 4.79 Å². The molecule has 0 bridgehead atoms. The highest BCUT2D eigenvalue weighted by Gasteiger charge is 2.52. The van der Waals surface area contributed by atoms with Crippen molar-refractivity contribution in [3.8, 4) is 0 Å². The number of hydrogen-bond acceptors (Lipinski definition) is 3. The number of hydrogen-bond donors (Lipinski definition) is 2. The van der Waals surface area contributed by atoms with Gasteiger partial charge in [0.05, 0.1) is 0 Å². The highest BCUT2D eigenvalue weighted by molar-refractivity contribution is 5.63. The maximum atomic E-state index is 10.8. The molecule has 76 valence electrons. The SMILES string of the molecule is CC1CCCC1(CN)C(C)(O)C=O. The third kappa shape index (κ3) is 1.40. The molecule has 1 saturated carbocycles. The molecule has 3 nitrogen and oxygen atoms in total. The average molecular weight is 185 g/mol. The summed E-state index contributed by atoms with van der Waals surface area (Å²) in [5.74, 6) is 0.331. The van der Waals surface area contributed by atoms with Gasteiger partial charge in [-0.25, -0.2) is 0 Å². The second-order valence-electron chi connectivity index (χ2n) is 4.42. The van der Waals surface area contributed by atoms with Gasteiger partial charge in [-0.15, -0.1) is 0 Å². The molecule has 13 heavy (non-hydrogen) atoms. The van der Waals surface area contributed by atoms with E-state index in [9.17, 15) is 9.90 Å². The molecule has 0 radical (unpaired) electrons. The fraction of sp³-hybridized carbons (Fsp3) is 0.900. The molecule has 0 heterocycles. The molecule has 1 aliphatic rings. The monoisotopic (exact) mass is 185 g/mol. The molecule has 1 rings (SSSR count). The zero-order chi connectivity index (χ0) is 10.1. The van der Waals surface area contributed by atoms with Gasteiger partial charge in [-0.05, 0) is 25.7 Å². The number of carbonyl (C=O) groups is 1. The first kappa shape index (κ1) is 10.7. The molecule has 0 aliphatic heterocycles. The van der Waals surface area contributed by atoms with Crippen molar-refractivity contribution in [1.82, 2.24) is 0 Å². The Bertz CT molecular complexity index is 203. The van der Waals surface area contributed by atoms with Crippen LogP contribution >= 0.6 is 0 Å². The summed E-state index contributed by atoms with van der Waals surface area (Å²) in [6.45, 7) is 4.03. The second-order valence-corrected chi connectivity index (χ2v) is 4.42. The molecule has 3 atom stereocenters. The van der Waals surface area contributed by atoms with Crippen LogP contribution in [0.25, 0.3) is 0 Å². The Kier molecular flexibility index (Phi) is 2.78. The molecule has 1 aliphatic carbocycles. The lowest BCUT2D eigenvalue weighted by molar-refractivity contribution is -0.140. The van der Waals surface area contributed by atoms with E-state index in [4.69, 9.17) is 5.73 Å². The van der Waals surface area contributed by atoms with Gasteiger partial charge in [0.15, 0.2) is 6.29 Å². The van der Waals surface area contributed by atoms with Gasteiger partial charge in [0.2, 0.25) is 0 Å². The molecule has 3 unspecified atom stereocenters. The van der Waals surface area contributed by atoms with Gasteiger partial charge in [-0.3, -0.25) is 0 Å². The van der Waals surface area contributed by atoms with E-state index in [1.807, 2.05) is 0 Å². The summed E-state index contributed by atoms with van der Waals surface area (Å²) in [5.41, 5.74) is 4.04. The first-order chi connectivity index (χ1) is 6.00. The quantitative estimate of drug-likeness (QED) is 0.636. The minimum Gasteiger partial charge on any atom is -0.382 e. The predicted octanol–water partition coefficient (Wildman–Crippen LogP) is 0.701. The van der Waals surface area contributed by atoms with E-state index in [-0.39, 0.29) is 0 Å². The van der Waals surface area contributed by atoms with Crippen LogP contribution in [0.1, 0.15) is 33.1 Å². The Morgan fingerprint density at radius 1 is 1.77 bits per heavy atom. The van der Waals surface area contributed by atoms with Crippen LogP contribution in [0.5, 0.6) is 0 Å². The van der Waals surface area contributed by atoms with E-state index in [2.05, 4.69) is 6.92 Å². The Morgan fingerprint density at radius 3 is 2.69 bits per heavy atom. The highest BCUT2D eigenvalue weighted by atomic mass is 16.3. The molecule has 3 heteroatoms. The van der Waals surface area contributed by atoms with Gasteiger partial charge < -0.3 is 15.6 Å². The maximum Gasteiger partial charge on any atom is 0.151 e. The Hall–Kier alpha value is -0.410. The van der Waals surface area contributed by atoms with E-state index < -0.39 is 11.0 Å². The molecule has 0 aromatic carbocycles. The van der Waals surface area contributed by atoms with Gasteiger partial charge in [-0.1, -0.05) is 13.3 Å². The lowest BCUT2D eigenvalue weighted by Gasteiger charge is -2.41. The van der Waals surface area contributed by atoms with E-state index in [0.717, 1.165) is 19.3 Å². The van der Waals surface area contributed by atoms with Gasteiger partial charge in [0.25, 0.3) is 0 Å². The van der Waals surface area contributed by atoms with Crippen LogP contribution in [0.15, 0.2) is 0 Å². The summed E-state index contributed by atoms with van der Waals surface area (Å²) >= 11 is 0. The first-order valence-electron chi connectivity index (χ1n) is 4.89. The fourth-order valence-corrected chi connectivity index (χ4v) is 2.63.